The molecule has 4 nitrogen and oxygen atoms in total. The average Bonchev–Trinajstić information content (AvgIpc) is 2.68. The molecule has 1 amide bonds. The van der Waals surface area contributed by atoms with Crippen LogP contribution >= 0.6 is 0 Å². The number of rotatable bonds is 4. The van der Waals surface area contributed by atoms with Crippen LogP contribution < -0.4 is 5.32 Å². The van der Waals surface area contributed by atoms with Crippen molar-refractivity contribution in [2.45, 2.75) is 76.5 Å². The predicted octanol–water partition coefficient (Wildman–Crippen LogP) is 3.39. The Labute approximate surface area is 157 Å². The van der Waals surface area contributed by atoms with Crippen molar-refractivity contribution in [2.24, 2.45) is 0 Å². The first kappa shape index (κ1) is 18.0. The number of fused-ring (bicyclic) bond motifs is 2. The molecule has 1 aliphatic heterocycles. The van der Waals surface area contributed by atoms with E-state index in [1.54, 1.807) is 0 Å². The summed E-state index contributed by atoms with van der Waals surface area (Å²) in [6.45, 7) is 4.24. The Morgan fingerprint density at radius 2 is 2.00 bits per heavy atom. The number of amides is 1. The summed E-state index contributed by atoms with van der Waals surface area (Å²) in [4.78, 5) is 15.0. The van der Waals surface area contributed by atoms with Crippen molar-refractivity contribution in [3.05, 3.63) is 34.9 Å². The second kappa shape index (κ2) is 8.10. The van der Waals surface area contributed by atoms with Gasteiger partial charge in [0, 0.05) is 12.6 Å². The number of nitrogens with one attached hydrogen (secondary N) is 1. The lowest BCUT2D eigenvalue weighted by Gasteiger charge is -2.43. The molecule has 1 aromatic rings. The molecule has 1 saturated carbocycles. The first-order valence-electron chi connectivity index (χ1n) is 10.5. The Bertz CT molecular complexity index is 643. The van der Waals surface area contributed by atoms with E-state index in [1.165, 1.54) is 61.6 Å². The molecule has 1 aromatic carbocycles. The fourth-order valence-electron chi connectivity index (χ4n) is 4.95. The van der Waals surface area contributed by atoms with Crippen LogP contribution in [0.2, 0.25) is 0 Å². The fourth-order valence-corrected chi connectivity index (χ4v) is 4.95. The molecule has 26 heavy (non-hydrogen) atoms. The molecule has 4 heteroatoms. The maximum atomic E-state index is 12.7. The first-order chi connectivity index (χ1) is 12.7. The lowest BCUT2D eigenvalue weighted by atomic mass is 9.89. The highest BCUT2D eigenvalue weighted by Crippen LogP contribution is 2.28. The van der Waals surface area contributed by atoms with Gasteiger partial charge in [0.05, 0.1) is 25.3 Å². The van der Waals surface area contributed by atoms with Gasteiger partial charge in [0.25, 0.3) is 0 Å². The van der Waals surface area contributed by atoms with E-state index in [0.29, 0.717) is 18.7 Å². The Morgan fingerprint density at radius 1 is 1.19 bits per heavy atom. The minimum atomic E-state index is 0.0675. The second-order valence-corrected chi connectivity index (χ2v) is 8.26. The highest BCUT2D eigenvalue weighted by molar-refractivity contribution is 5.78. The van der Waals surface area contributed by atoms with Gasteiger partial charge in [-0.05, 0) is 62.1 Å². The Hall–Kier alpha value is -1.39. The van der Waals surface area contributed by atoms with Crippen LogP contribution in [-0.2, 0) is 22.4 Å². The third kappa shape index (κ3) is 3.96. The van der Waals surface area contributed by atoms with Gasteiger partial charge in [-0.2, -0.15) is 0 Å². The zero-order valence-corrected chi connectivity index (χ0v) is 16.0. The molecule has 1 saturated heterocycles. The SMILES string of the molecule is CC(NC(=O)CN1CCOC2CCCCC21)c1ccc2c(c1)CCCC2. The number of carbonyl (C=O) groups is 1. The number of hydrogen-bond donors (Lipinski definition) is 1. The summed E-state index contributed by atoms with van der Waals surface area (Å²) >= 11 is 0. The molecule has 2 aliphatic carbocycles. The van der Waals surface area contributed by atoms with E-state index >= 15 is 0 Å². The average molecular weight is 357 g/mol. The minimum absolute atomic E-state index is 0.0675. The molecule has 3 atom stereocenters. The summed E-state index contributed by atoms with van der Waals surface area (Å²) in [5.74, 6) is 0.140. The normalized spacial score (nSPS) is 27.3. The number of hydrogen-bond acceptors (Lipinski definition) is 3. The van der Waals surface area contributed by atoms with Crippen LogP contribution in [0.4, 0.5) is 0 Å². The van der Waals surface area contributed by atoms with Gasteiger partial charge in [-0.15, -0.1) is 0 Å². The number of carbonyl (C=O) groups excluding carboxylic acids is 1. The van der Waals surface area contributed by atoms with E-state index in [2.05, 4.69) is 35.3 Å². The van der Waals surface area contributed by atoms with Gasteiger partial charge in [0.2, 0.25) is 5.91 Å². The molecule has 2 fully saturated rings. The van der Waals surface area contributed by atoms with Crippen LogP contribution in [0.3, 0.4) is 0 Å². The van der Waals surface area contributed by atoms with Crippen molar-refractivity contribution in [2.75, 3.05) is 19.7 Å². The van der Waals surface area contributed by atoms with Gasteiger partial charge in [0.15, 0.2) is 0 Å². The summed E-state index contributed by atoms with van der Waals surface area (Å²) < 4.78 is 5.92. The predicted molar refractivity (Wildman–Crippen MR) is 103 cm³/mol. The maximum absolute atomic E-state index is 12.7. The summed E-state index contributed by atoms with van der Waals surface area (Å²) in [5, 5.41) is 3.22. The van der Waals surface area contributed by atoms with E-state index in [0.717, 1.165) is 19.6 Å². The molecule has 3 unspecified atom stereocenters. The molecule has 0 bridgehead atoms. The van der Waals surface area contributed by atoms with Gasteiger partial charge < -0.3 is 10.1 Å². The highest BCUT2D eigenvalue weighted by Gasteiger charge is 2.35. The second-order valence-electron chi connectivity index (χ2n) is 8.26. The standard InChI is InChI=1S/C22H32N2O2/c1-16(18-11-10-17-6-2-3-7-19(17)14-18)23-22(25)15-24-12-13-26-21-9-5-4-8-20(21)24/h10-11,14,16,20-21H,2-9,12-13,15H2,1H3,(H,23,25). The Morgan fingerprint density at radius 3 is 2.88 bits per heavy atom. The monoisotopic (exact) mass is 356 g/mol. The molecule has 142 valence electrons. The van der Waals surface area contributed by atoms with Crippen molar-refractivity contribution in [3.63, 3.8) is 0 Å². The number of benzene rings is 1. The van der Waals surface area contributed by atoms with Crippen molar-refractivity contribution in [1.82, 2.24) is 10.2 Å². The molecule has 1 N–H and O–H groups in total. The van der Waals surface area contributed by atoms with Gasteiger partial charge >= 0.3 is 0 Å². The van der Waals surface area contributed by atoms with Crippen LogP contribution in [-0.4, -0.2) is 42.6 Å². The molecule has 0 spiro atoms. The third-order valence-corrected chi connectivity index (χ3v) is 6.44. The van der Waals surface area contributed by atoms with Gasteiger partial charge in [-0.1, -0.05) is 31.0 Å². The largest absolute Gasteiger partial charge is 0.375 e. The van der Waals surface area contributed by atoms with Crippen LogP contribution in [0, 0.1) is 0 Å². The Balaban J connectivity index is 1.35. The third-order valence-electron chi connectivity index (χ3n) is 6.44. The smallest absolute Gasteiger partial charge is 0.234 e. The van der Waals surface area contributed by atoms with Gasteiger partial charge in [-0.3, -0.25) is 9.69 Å². The highest BCUT2D eigenvalue weighted by atomic mass is 16.5. The molecular formula is C22H32N2O2. The van der Waals surface area contributed by atoms with Crippen LogP contribution in [0.1, 0.15) is 68.2 Å². The molecule has 3 aliphatic rings. The van der Waals surface area contributed by atoms with Crippen molar-refractivity contribution < 1.29 is 9.53 Å². The number of ether oxygens (including phenoxy) is 1. The lowest BCUT2D eigenvalue weighted by Crippen LogP contribution is -2.55. The van der Waals surface area contributed by atoms with Crippen LogP contribution in [0.25, 0.3) is 0 Å². The molecule has 0 radical (unpaired) electrons. The van der Waals surface area contributed by atoms with Gasteiger partial charge in [0.1, 0.15) is 0 Å². The van der Waals surface area contributed by atoms with E-state index in [1.807, 2.05) is 0 Å². The molecule has 0 aromatic heterocycles. The number of nitrogens with zero attached hydrogens (tertiary/aromatic N) is 1. The zero-order valence-electron chi connectivity index (χ0n) is 16.0. The van der Waals surface area contributed by atoms with E-state index in [-0.39, 0.29) is 11.9 Å². The van der Waals surface area contributed by atoms with Crippen molar-refractivity contribution in [3.8, 4) is 0 Å². The lowest BCUT2D eigenvalue weighted by molar-refractivity contribution is -0.130. The minimum Gasteiger partial charge on any atom is -0.375 e. The van der Waals surface area contributed by atoms with Crippen molar-refractivity contribution in [1.29, 1.82) is 0 Å². The fraction of sp³-hybridized carbons (Fsp3) is 0.682. The molecule has 4 rings (SSSR count). The first-order valence-corrected chi connectivity index (χ1v) is 10.5. The number of morpholine rings is 1. The summed E-state index contributed by atoms with van der Waals surface area (Å²) in [6, 6.07) is 7.27. The quantitative estimate of drug-likeness (QED) is 0.899. The molecule has 1 heterocycles. The maximum Gasteiger partial charge on any atom is 0.234 e. The van der Waals surface area contributed by atoms with Gasteiger partial charge in [-0.25, -0.2) is 0 Å². The Kier molecular flexibility index (Phi) is 5.60. The van der Waals surface area contributed by atoms with E-state index in [4.69, 9.17) is 4.74 Å². The summed E-state index contributed by atoms with van der Waals surface area (Å²) in [6.07, 6.45) is 10.1. The zero-order chi connectivity index (χ0) is 17.9. The topological polar surface area (TPSA) is 41.6 Å². The van der Waals surface area contributed by atoms with Crippen molar-refractivity contribution >= 4 is 5.91 Å². The van der Waals surface area contributed by atoms with E-state index in [9.17, 15) is 4.79 Å². The summed E-state index contributed by atoms with van der Waals surface area (Å²) in [7, 11) is 0. The van der Waals surface area contributed by atoms with Crippen LogP contribution in [0.15, 0.2) is 18.2 Å². The van der Waals surface area contributed by atoms with Crippen LogP contribution in [0.5, 0.6) is 0 Å². The van der Waals surface area contributed by atoms with E-state index < -0.39 is 0 Å². The summed E-state index contributed by atoms with van der Waals surface area (Å²) in [5.41, 5.74) is 4.21. The number of aryl methyl sites for hydroxylation is 2. The molecular weight excluding hydrogens is 324 g/mol.